The zero-order valence-corrected chi connectivity index (χ0v) is 13.7. The van der Waals surface area contributed by atoms with Crippen molar-refractivity contribution in [2.24, 2.45) is 5.92 Å². The first kappa shape index (κ1) is 16.2. The highest BCUT2D eigenvalue weighted by Gasteiger charge is 2.21. The van der Waals surface area contributed by atoms with Gasteiger partial charge in [0.1, 0.15) is 5.01 Å². The van der Waals surface area contributed by atoms with E-state index in [2.05, 4.69) is 22.5 Å². The van der Waals surface area contributed by atoms with E-state index in [1.54, 1.807) is 11.3 Å². The van der Waals surface area contributed by atoms with Crippen LogP contribution in [0.2, 0.25) is 0 Å². The third-order valence-corrected chi connectivity index (χ3v) is 4.73. The zero-order valence-electron chi connectivity index (χ0n) is 12.9. The van der Waals surface area contributed by atoms with Crippen LogP contribution in [0.1, 0.15) is 42.5 Å². The Morgan fingerprint density at radius 1 is 1.43 bits per heavy atom. The third kappa shape index (κ3) is 5.63. The summed E-state index contributed by atoms with van der Waals surface area (Å²) in [5, 5.41) is 6.54. The first-order valence-electron chi connectivity index (χ1n) is 7.70. The number of amides is 2. The van der Waals surface area contributed by atoms with Crippen molar-refractivity contribution < 1.29 is 9.53 Å². The van der Waals surface area contributed by atoms with Crippen LogP contribution in [0.3, 0.4) is 0 Å². The molecule has 0 aromatic carbocycles. The van der Waals surface area contributed by atoms with E-state index in [0.717, 1.165) is 16.3 Å². The minimum Gasteiger partial charge on any atom is -0.376 e. The molecule has 2 atom stereocenters. The predicted molar refractivity (Wildman–Crippen MR) is 84.5 cm³/mol. The summed E-state index contributed by atoms with van der Waals surface area (Å²) >= 11 is 1.60. The Labute approximate surface area is 130 Å². The molecule has 1 aromatic heterocycles. The lowest BCUT2D eigenvalue weighted by Gasteiger charge is -2.28. The van der Waals surface area contributed by atoms with Crippen molar-refractivity contribution >= 4 is 17.4 Å². The van der Waals surface area contributed by atoms with Gasteiger partial charge in [0.2, 0.25) is 0 Å². The quantitative estimate of drug-likeness (QED) is 0.794. The average molecular weight is 311 g/mol. The van der Waals surface area contributed by atoms with Crippen molar-refractivity contribution in [3.63, 3.8) is 0 Å². The minimum atomic E-state index is -0.164. The molecule has 1 aromatic rings. The fraction of sp³-hybridized carbons (Fsp3) is 0.733. The molecule has 0 bridgehead atoms. The highest BCUT2D eigenvalue weighted by molar-refractivity contribution is 7.11. The van der Waals surface area contributed by atoms with E-state index in [4.69, 9.17) is 4.74 Å². The monoisotopic (exact) mass is 311 g/mol. The maximum absolute atomic E-state index is 11.6. The Balaban J connectivity index is 1.54. The first-order chi connectivity index (χ1) is 10.1. The number of hydrogen-bond acceptors (Lipinski definition) is 4. The molecule has 1 fully saturated rings. The molecule has 2 amide bonds. The Morgan fingerprint density at radius 3 is 2.95 bits per heavy atom. The Kier molecular flexibility index (Phi) is 6.45. The number of carbonyl (C=O) groups excluding carboxylic acids is 1. The summed E-state index contributed by atoms with van der Waals surface area (Å²) in [5.41, 5.74) is 0. The highest BCUT2D eigenvalue weighted by atomic mass is 32.1. The molecule has 1 saturated carbocycles. The Bertz CT molecular complexity index is 450. The van der Waals surface area contributed by atoms with Gasteiger partial charge in [0.25, 0.3) is 0 Å². The second kappa shape index (κ2) is 8.34. The standard InChI is InChI=1S/C15H25N3O2S/c1-11-5-3-4-6-13(11)20-8-7-16-15(19)18-10-14-17-9-12(2)21-14/h9,11,13H,3-8,10H2,1-2H3,(H2,16,18,19)/t11-,13-/m0/s1. The van der Waals surface area contributed by atoms with Gasteiger partial charge in [-0.15, -0.1) is 11.3 Å². The summed E-state index contributed by atoms with van der Waals surface area (Å²) in [6, 6.07) is -0.164. The van der Waals surface area contributed by atoms with Gasteiger partial charge in [0, 0.05) is 17.6 Å². The van der Waals surface area contributed by atoms with E-state index >= 15 is 0 Å². The lowest BCUT2D eigenvalue weighted by Crippen LogP contribution is -2.38. The van der Waals surface area contributed by atoms with Crippen LogP contribution < -0.4 is 10.6 Å². The topological polar surface area (TPSA) is 63.2 Å². The van der Waals surface area contributed by atoms with Crippen LogP contribution in [0.5, 0.6) is 0 Å². The van der Waals surface area contributed by atoms with E-state index in [9.17, 15) is 4.79 Å². The number of rotatable bonds is 6. The summed E-state index contributed by atoms with van der Waals surface area (Å²) in [5.74, 6) is 0.640. The molecule has 1 aliphatic carbocycles. The van der Waals surface area contributed by atoms with E-state index in [1.807, 2.05) is 13.1 Å². The fourth-order valence-electron chi connectivity index (χ4n) is 2.61. The van der Waals surface area contributed by atoms with Gasteiger partial charge in [-0.2, -0.15) is 0 Å². The largest absolute Gasteiger partial charge is 0.376 e. The summed E-state index contributed by atoms with van der Waals surface area (Å²) in [4.78, 5) is 17.0. The number of aromatic nitrogens is 1. The predicted octanol–water partition coefficient (Wildman–Crippen LogP) is 2.85. The van der Waals surface area contributed by atoms with Gasteiger partial charge in [0.05, 0.1) is 19.3 Å². The molecule has 0 saturated heterocycles. The second-order valence-electron chi connectivity index (χ2n) is 5.65. The van der Waals surface area contributed by atoms with Crippen molar-refractivity contribution in [1.82, 2.24) is 15.6 Å². The Hall–Kier alpha value is -1.14. The molecule has 21 heavy (non-hydrogen) atoms. The molecule has 1 aliphatic rings. The van der Waals surface area contributed by atoms with Crippen molar-refractivity contribution in [2.45, 2.75) is 52.2 Å². The maximum atomic E-state index is 11.6. The molecule has 5 nitrogen and oxygen atoms in total. The van der Waals surface area contributed by atoms with Crippen molar-refractivity contribution in [1.29, 1.82) is 0 Å². The molecule has 118 valence electrons. The van der Waals surface area contributed by atoms with Crippen molar-refractivity contribution in [2.75, 3.05) is 13.2 Å². The Morgan fingerprint density at radius 2 is 2.24 bits per heavy atom. The van der Waals surface area contributed by atoms with Gasteiger partial charge < -0.3 is 15.4 Å². The van der Waals surface area contributed by atoms with Crippen LogP contribution in [-0.4, -0.2) is 30.3 Å². The normalized spacial score (nSPS) is 22.0. The number of hydrogen-bond donors (Lipinski definition) is 2. The van der Waals surface area contributed by atoms with Gasteiger partial charge in [-0.05, 0) is 25.7 Å². The number of ether oxygens (including phenoxy) is 1. The van der Waals surface area contributed by atoms with Gasteiger partial charge in [-0.1, -0.05) is 19.8 Å². The number of nitrogens with zero attached hydrogens (tertiary/aromatic N) is 1. The number of aryl methyl sites for hydroxylation is 1. The van der Waals surface area contributed by atoms with Crippen LogP contribution in [0.25, 0.3) is 0 Å². The first-order valence-corrected chi connectivity index (χ1v) is 8.51. The number of nitrogens with one attached hydrogen (secondary N) is 2. The molecule has 0 unspecified atom stereocenters. The molecule has 0 radical (unpaired) electrons. The molecule has 1 heterocycles. The molecule has 0 spiro atoms. The molecular formula is C15H25N3O2S. The van der Waals surface area contributed by atoms with Gasteiger partial charge in [-0.3, -0.25) is 0 Å². The van der Waals surface area contributed by atoms with Crippen molar-refractivity contribution in [3.05, 3.63) is 16.1 Å². The highest BCUT2D eigenvalue weighted by Crippen LogP contribution is 2.25. The van der Waals surface area contributed by atoms with Gasteiger partial charge in [0.15, 0.2) is 0 Å². The average Bonchev–Trinajstić information content (AvgIpc) is 2.89. The molecule has 2 rings (SSSR count). The summed E-state index contributed by atoms with van der Waals surface area (Å²) in [7, 11) is 0. The van der Waals surface area contributed by atoms with Crippen LogP contribution in [-0.2, 0) is 11.3 Å². The zero-order chi connectivity index (χ0) is 15.1. The van der Waals surface area contributed by atoms with Gasteiger partial charge >= 0.3 is 6.03 Å². The van der Waals surface area contributed by atoms with Crippen molar-refractivity contribution in [3.8, 4) is 0 Å². The van der Waals surface area contributed by atoms with Crippen LogP contribution >= 0.6 is 11.3 Å². The third-order valence-electron chi connectivity index (χ3n) is 3.82. The smallest absolute Gasteiger partial charge is 0.315 e. The maximum Gasteiger partial charge on any atom is 0.315 e. The molecule has 0 aliphatic heterocycles. The van der Waals surface area contributed by atoms with E-state index in [-0.39, 0.29) is 6.03 Å². The minimum absolute atomic E-state index is 0.164. The van der Waals surface area contributed by atoms with E-state index in [0.29, 0.717) is 31.7 Å². The molecule has 2 N–H and O–H groups in total. The number of thiazole rings is 1. The second-order valence-corrected chi connectivity index (χ2v) is 6.96. The van der Waals surface area contributed by atoms with Gasteiger partial charge in [-0.25, -0.2) is 9.78 Å². The summed E-state index contributed by atoms with van der Waals surface area (Å²) < 4.78 is 5.86. The lowest BCUT2D eigenvalue weighted by molar-refractivity contribution is -0.00243. The summed E-state index contributed by atoms with van der Waals surface area (Å²) in [6.07, 6.45) is 7.16. The van der Waals surface area contributed by atoms with Crippen LogP contribution in [0, 0.1) is 12.8 Å². The number of urea groups is 1. The summed E-state index contributed by atoms with van der Waals surface area (Å²) in [6.45, 7) is 5.86. The van der Waals surface area contributed by atoms with E-state index in [1.165, 1.54) is 19.3 Å². The molecule has 6 heteroatoms. The van der Waals surface area contributed by atoms with E-state index < -0.39 is 0 Å². The lowest BCUT2D eigenvalue weighted by atomic mass is 9.88. The molecular weight excluding hydrogens is 286 g/mol. The number of carbonyl (C=O) groups is 1. The van der Waals surface area contributed by atoms with Crippen LogP contribution in [0.4, 0.5) is 4.79 Å². The fourth-order valence-corrected chi connectivity index (χ4v) is 3.33. The SMILES string of the molecule is Cc1cnc(CNC(=O)NCCO[C@H]2CCCC[C@@H]2C)s1. The van der Waals surface area contributed by atoms with Crippen LogP contribution in [0.15, 0.2) is 6.20 Å².